The van der Waals surface area contributed by atoms with E-state index >= 15 is 0 Å². The van der Waals surface area contributed by atoms with E-state index in [9.17, 15) is 19.1 Å². The predicted octanol–water partition coefficient (Wildman–Crippen LogP) is 5.14. The summed E-state index contributed by atoms with van der Waals surface area (Å²) in [6, 6.07) is 15.7. The van der Waals surface area contributed by atoms with Gasteiger partial charge in [-0.3, -0.25) is 9.59 Å². The zero-order valence-electron chi connectivity index (χ0n) is 19.1. The van der Waals surface area contributed by atoms with Gasteiger partial charge in [0, 0.05) is 11.1 Å². The van der Waals surface area contributed by atoms with Crippen molar-refractivity contribution in [3.8, 4) is 17.0 Å². The number of carboxylic acids is 1. The number of ether oxygens (including phenoxy) is 1. The average Bonchev–Trinajstić information content (AvgIpc) is 2.77. The van der Waals surface area contributed by atoms with E-state index in [1.54, 1.807) is 12.1 Å². The van der Waals surface area contributed by atoms with Gasteiger partial charge in [0.1, 0.15) is 23.0 Å². The highest BCUT2D eigenvalue weighted by Gasteiger charge is 2.23. The van der Waals surface area contributed by atoms with Gasteiger partial charge in [0.2, 0.25) is 0 Å². The topological polar surface area (TPSA) is 88.5 Å². The maximum Gasteiger partial charge on any atom is 0.305 e. The molecule has 33 heavy (non-hydrogen) atoms. The van der Waals surface area contributed by atoms with Crippen LogP contribution < -0.4 is 10.1 Å². The second kappa shape index (κ2) is 9.81. The fourth-order valence-electron chi connectivity index (χ4n) is 3.48. The molecule has 0 fully saturated rings. The van der Waals surface area contributed by atoms with Gasteiger partial charge in [-0.25, -0.2) is 9.37 Å². The zero-order chi connectivity index (χ0) is 24.2. The Morgan fingerprint density at radius 1 is 1.06 bits per heavy atom. The minimum Gasteiger partial charge on any atom is -0.494 e. The predicted molar refractivity (Wildman–Crippen MR) is 124 cm³/mol. The molecule has 3 rings (SSSR count). The van der Waals surface area contributed by atoms with Gasteiger partial charge in [-0.05, 0) is 29.2 Å². The molecule has 6 nitrogen and oxygen atoms in total. The van der Waals surface area contributed by atoms with Gasteiger partial charge in [-0.1, -0.05) is 63.2 Å². The molecule has 2 aromatic carbocycles. The number of pyridine rings is 1. The van der Waals surface area contributed by atoms with Crippen LogP contribution in [-0.2, 0) is 10.2 Å². The molecular weight excluding hydrogens is 423 g/mol. The summed E-state index contributed by atoms with van der Waals surface area (Å²) in [5, 5.41) is 11.9. The van der Waals surface area contributed by atoms with Crippen molar-refractivity contribution < 1.29 is 23.8 Å². The van der Waals surface area contributed by atoms with Crippen molar-refractivity contribution in [1.82, 2.24) is 10.3 Å². The van der Waals surface area contributed by atoms with Crippen molar-refractivity contribution in [2.75, 3.05) is 7.11 Å². The molecule has 0 aliphatic heterocycles. The normalized spacial score (nSPS) is 12.2. The number of hydrogen-bond donors (Lipinski definition) is 2. The number of carbonyl (C=O) groups excluding carboxylic acids is 1. The second-order valence-corrected chi connectivity index (χ2v) is 8.72. The van der Waals surface area contributed by atoms with Crippen molar-refractivity contribution in [3.63, 3.8) is 0 Å². The summed E-state index contributed by atoms with van der Waals surface area (Å²) in [5.41, 5.74) is 2.55. The first-order chi connectivity index (χ1) is 15.6. The molecule has 1 unspecified atom stereocenters. The lowest BCUT2D eigenvalue weighted by Gasteiger charge is -2.20. The van der Waals surface area contributed by atoms with Gasteiger partial charge in [-0.15, -0.1) is 0 Å². The van der Waals surface area contributed by atoms with Crippen LogP contribution in [0.15, 0.2) is 60.7 Å². The first-order valence-electron chi connectivity index (χ1n) is 10.5. The van der Waals surface area contributed by atoms with Crippen LogP contribution in [0.5, 0.6) is 5.75 Å². The Labute approximate surface area is 192 Å². The molecule has 0 aliphatic rings. The number of aromatic nitrogens is 1. The molecular formula is C26H27FN2O4. The molecule has 172 valence electrons. The van der Waals surface area contributed by atoms with Crippen molar-refractivity contribution in [2.24, 2.45) is 0 Å². The van der Waals surface area contributed by atoms with Crippen LogP contribution >= 0.6 is 0 Å². The second-order valence-electron chi connectivity index (χ2n) is 8.72. The van der Waals surface area contributed by atoms with Crippen molar-refractivity contribution >= 4 is 11.9 Å². The number of halogens is 1. The van der Waals surface area contributed by atoms with E-state index in [1.807, 2.05) is 24.3 Å². The molecule has 1 heterocycles. The quantitative estimate of drug-likeness (QED) is 0.520. The Kier molecular flexibility index (Phi) is 7.11. The third-order valence-corrected chi connectivity index (χ3v) is 5.30. The van der Waals surface area contributed by atoms with Crippen molar-refractivity contribution in [3.05, 3.63) is 83.3 Å². The molecule has 7 heteroatoms. The number of aliphatic carboxylic acids is 1. The fourth-order valence-corrected chi connectivity index (χ4v) is 3.48. The van der Waals surface area contributed by atoms with Crippen LogP contribution in [0.25, 0.3) is 11.3 Å². The Hall–Kier alpha value is -3.74. The van der Waals surface area contributed by atoms with Gasteiger partial charge in [0.25, 0.3) is 5.91 Å². The third kappa shape index (κ3) is 5.74. The van der Waals surface area contributed by atoms with Crippen LogP contribution in [0, 0.1) is 5.82 Å². The Balaban J connectivity index is 1.93. The minimum absolute atomic E-state index is 0.0103. The lowest BCUT2D eigenvalue weighted by Crippen LogP contribution is -2.31. The van der Waals surface area contributed by atoms with Crippen LogP contribution in [0.1, 0.15) is 54.8 Å². The summed E-state index contributed by atoms with van der Waals surface area (Å²) >= 11 is 0. The minimum atomic E-state index is -1.16. The van der Waals surface area contributed by atoms with E-state index < -0.39 is 30.2 Å². The highest BCUT2D eigenvalue weighted by molar-refractivity contribution is 5.93. The molecule has 0 bridgehead atoms. The number of rotatable bonds is 7. The molecule has 3 aromatic rings. The van der Waals surface area contributed by atoms with E-state index in [0.29, 0.717) is 11.4 Å². The van der Waals surface area contributed by atoms with Crippen LogP contribution in [0.4, 0.5) is 4.39 Å². The average molecular weight is 451 g/mol. The fraction of sp³-hybridized carbons (Fsp3) is 0.269. The molecule has 0 aliphatic carbocycles. The van der Waals surface area contributed by atoms with Gasteiger partial charge in [0.05, 0.1) is 19.6 Å². The molecule has 0 saturated heterocycles. The standard InChI is InChI=1S/C26H27FN2O4/c1-26(2,3)17-11-9-16(10-12-17)24-22(33-4)14-13-20(28-24)25(32)29-21(15-23(30)31)18-7-5-6-8-19(18)27/h5-14,21H,15H2,1-4H3,(H,29,32)(H,30,31). The largest absolute Gasteiger partial charge is 0.494 e. The van der Waals surface area contributed by atoms with Crippen LogP contribution in [0.3, 0.4) is 0 Å². The summed E-state index contributed by atoms with van der Waals surface area (Å²) in [6.07, 6.45) is -0.468. The number of nitrogens with zero attached hydrogens (tertiary/aromatic N) is 1. The first-order valence-corrected chi connectivity index (χ1v) is 10.5. The number of methoxy groups -OCH3 is 1. The number of hydrogen-bond acceptors (Lipinski definition) is 4. The SMILES string of the molecule is COc1ccc(C(=O)NC(CC(=O)O)c2ccccc2F)nc1-c1ccc(C(C)(C)C)cc1. The summed E-state index contributed by atoms with van der Waals surface area (Å²) in [5.74, 6) is -1.87. The van der Waals surface area contributed by atoms with Gasteiger partial charge in [-0.2, -0.15) is 0 Å². The number of nitrogens with one attached hydrogen (secondary N) is 1. The van der Waals surface area contributed by atoms with Gasteiger partial charge in [0.15, 0.2) is 0 Å². The molecule has 1 aromatic heterocycles. The number of benzene rings is 2. The van der Waals surface area contributed by atoms with E-state index in [1.165, 1.54) is 31.4 Å². The summed E-state index contributed by atoms with van der Waals surface area (Å²) in [7, 11) is 1.52. The monoisotopic (exact) mass is 450 g/mol. The lowest BCUT2D eigenvalue weighted by atomic mass is 9.86. The Morgan fingerprint density at radius 2 is 1.73 bits per heavy atom. The van der Waals surface area contributed by atoms with Crippen molar-refractivity contribution in [2.45, 2.75) is 38.6 Å². The highest BCUT2D eigenvalue weighted by Crippen LogP contribution is 2.31. The first kappa shape index (κ1) is 23.9. The Morgan fingerprint density at radius 3 is 2.30 bits per heavy atom. The smallest absolute Gasteiger partial charge is 0.305 e. The molecule has 0 radical (unpaired) electrons. The zero-order valence-corrected chi connectivity index (χ0v) is 19.1. The molecule has 1 amide bonds. The maximum absolute atomic E-state index is 14.3. The molecule has 1 atom stereocenters. The third-order valence-electron chi connectivity index (χ3n) is 5.30. The molecule has 0 saturated carbocycles. The highest BCUT2D eigenvalue weighted by atomic mass is 19.1. The molecule has 2 N–H and O–H groups in total. The number of carboxylic acid groups (broad SMARTS) is 1. The van der Waals surface area contributed by atoms with Gasteiger partial charge < -0.3 is 15.2 Å². The van der Waals surface area contributed by atoms with E-state index in [-0.39, 0.29) is 16.7 Å². The number of carbonyl (C=O) groups is 2. The van der Waals surface area contributed by atoms with Crippen LogP contribution in [0.2, 0.25) is 0 Å². The Bertz CT molecular complexity index is 1150. The molecule has 0 spiro atoms. The lowest BCUT2D eigenvalue weighted by molar-refractivity contribution is -0.137. The van der Waals surface area contributed by atoms with E-state index in [4.69, 9.17) is 4.74 Å². The summed E-state index contributed by atoms with van der Waals surface area (Å²) in [4.78, 5) is 28.8. The summed E-state index contributed by atoms with van der Waals surface area (Å²) < 4.78 is 19.7. The van der Waals surface area contributed by atoms with Crippen molar-refractivity contribution in [1.29, 1.82) is 0 Å². The van der Waals surface area contributed by atoms with E-state index in [0.717, 1.165) is 11.1 Å². The van der Waals surface area contributed by atoms with Crippen LogP contribution in [-0.4, -0.2) is 29.1 Å². The maximum atomic E-state index is 14.3. The summed E-state index contributed by atoms with van der Waals surface area (Å²) in [6.45, 7) is 6.36. The number of amides is 1. The van der Waals surface area contributed by atoms with Gasteiger partial charge >= 0.3 is 5.97 Å². The van der Waals surface area contributed by atoms with E-state index in [2.05, 4.69) is 31.1 Å².